The Labute approximate surface area is 190 Å². The van der Waals surface area contributed by atoms with Gasteiger partial charge in [-0.1, -0.05) is 139 Å². The van der Waals surface area contributed by atoms with Crippen LogP contribution in [0.3, 0.4) is 0 Å². The van der Waals surface area contributed by atoms with Crippen molar-refractivity contribution in [3.8, 4) is 0 Å². The monoisotopic (exact) mass is 415 g/mol. The van der Waals surface area contributed by atoms with Gasteiger partial charge in [-0.15, -0.1) is 0 Å². The van der Waals surface area contributed by atoms with Crippen LogP contribution in [0.2, 0.25) is 0 Å². The summed E-state index contributed by atoms with van der Waals surface area (Å²) >= 11 is 0. The molecule has 0 saturated heterocycles. The average molecular weight is 416 g/mol. The van der Waals surface area contributed by atoms with Crippen LogP contribution < -0.4 is 0 Å². The van der Waals surface area contributed by atoms with Gasteiger partial charge in [0, 0.05) is 0 Å². The maximum Gasteiger partial charge on any atom is -0.00248 e. The zero-order chi connectivity index (χ0) is 21.5. The Morgan fingerprint density at radius 3 is 1.13 bits per heavy atom. The van der Waals surface area contributed by atoms with E-state index < -0.39 is 0 Å². The van der Waals surface area contributed by atoms with Gasteiger partial charge in [0.15, 0.2) is 0 Å². The summed E-state index contributed by atoms with van der Waals surface area (Å²) in [5.74, 6) is 0. The van der Waals surface area contributed by atoms with Crippen LogP contribution >= 0.6 is 0 Å². The number of nitrogens with zero attached hydrogens (tertiary/aromatic N) is 1. The second-order valence-corrected chi connectivity index (χ2v) is 9.76. The first-order valence-corrected chi connectivity index (χ1v) is 13.5. The van der Waals surface area contributed by atoms with E-state index >= 15 is 0 Å². The van der Waals surface area contributed by atoms with Crippen molar-refractivity contribution in [2.24, 2.45) is 0 Å². The Morgan fingerprint density at radius 2 is 0.767 bits per heavy atom. The topological polar surface area (TPSA) is 3.24 Å². The third-order valence-electron chi connectivity index (χ3n) is 6.41. The number of hydrogen-bond acceptors (Lipinski definition) is 1. The Morgan fingerprint density at radius 1 is 0.433 bits per heavy atom. The summed E-state index contributed by atoms with van der Waals surface area (Å²) in [6, 6.07) is 10.9. The van der Waals surface area contributed by atoms with E-state index in [-0.39, 0.29) is 0 Å². The summed E-state index contributed by atoms with van der Waals surface area (Å²) in [6.45, 7) is 1.26. The molecule has 1 rings (SSSR count). The highest BCUT2D eigenvalue weighted by Gasteiger charge is 1.96. The molecule has 0 aromatic heterocycles. The minimum absolute atomic E-state index is 1.26. The Kier molecular flexibility index (Phi) is 19.4. The molecule has 0 N–H and O–H groups in total. The van der Waals surface area contributed by atoms with Crippen molar-refractivity contribution >= 4 is 0 Å². The van der Waals surface area contributed by atoms with Gasteiger partial charge >= 0.3 is 0 Å². The summed E-state index contributed by atoms with van der Waals surface area (Å²) in [5, 5.41) is 0. The lowest BCUT2D eigenvalue weighted by Gasteiger charge is -2.08. The third-order valence-corrected chi connectivity index (χ3v) is 6.41. The molecule has 30 heavy (non-hydrogen) atoms. The van der Waals surface area contributed by atoms with Gasteiger partial charge < -0.3 is 4.90 Å². The molecule has 0 fully saturated rings. The van der Waals surface area contributed by atoms with Gasteiger partial charge in [-0.2, -0.15) is 0 Å². The molecule has 0 heterocycles. The van der Waals surface area contributed by atoms with Gasteiger partial charge in [0.25, 0.3) is 0 Å². The first-order chi connectivity index (χ1) is 14.8. The van der Waals surface area contributed by atoms with Crippen molar-refractivity contribution in [1.82, 2.24) is 4.90 Å². The molecular formula is C29H53N. The minimum Gasteiger partial charge on any atom is -0.309 e. The maximum absolute atomic E-state index is 2.30. The van der Waals surface area contributed by atoms with Crippen molar-refractivity contribution in [2.75, 3.05) is 20.6 Å². The number of rotatable bonds is 22. The molecule has 1 aromatic rings. The normalized spacial score (nSPS) is 11.4. The summed E-state index contributed by atoms with van der Waals surface area (Å²) in [5.41, 5.74) is 1.50. The third kappa shape index (κ3) is 19.2. The molecule has 0 aliphatic heterocycles. The van der Waals surface area contributed by atoms with Crippen LogP contribution in [0.25, 0.3) is 0 Å². The molecular weight excluding hydrogens is 362 g/mol. The van der Waals surface area contributed by atoms with Gasteiger partial charge in [0.1, 0.15) is 0 Å². The molecule has 174 valence electrons. The molecule has 1 nitrogen and oxygen atoms in total. The number of unbranched alkanes of at least 4 members (excludes halogenated alkanes) is 18. The molecule has 0 unspecified atom stereocenters. The molecule has 0 radical (unpaired) electrons. The predicted octanol–water partition coefficient (Wildman–Crippen LogP) is 9.20. The average Bonchev–Trinajstić information content (AvgIpc) is 2.75. The lowest BCUT2D eigenvalue weighted by molar-refractivity contribution is 0.389. The Hall–Kier alpha value is -0.820. The van der Waals surface area contributed by atoms with E-state index in [1.165, 1.54) is 141 Å². The van der Waals surface area contributed by atoms with Crippen LogP contribution in [-0.2, 0) is 6.42 Å². The van der Waals surface area contributed by atoms with Gasteiger partial charge in [0.2, 0.25) is 0 Å². The number of aryl methyl sites for hydroxylation is 1. The van der Waals surface area contributed by atoms with Crippen molar-refractivity contribution < 1.29 is 0 Å². The van der Waals surface area contributed by atoms with E-state index in [9.17, 15) is 0 Å². The molecule has 0 aliphatic carbocycles. The standard InChI is InChI=1S/C29H53N/c1-30(2)28-24-19-17-15-13-11-9-7-5-3-4-6-8-10-12-14-16-18-21-25-29-26-22-20-23-27-29/h20,22-23,26-27H,3-19,21,24-25,28H2,1-2H3. The summed E-state index contributed by atoms with van der Waals surface area (Å²) < 4.78 is 0. The van der Waals surface area contributed by atoms with Crippen LogP contribution in [0, 0.1) is 0 Å². The highest BCUT2D eigenvalue weighted by atomic mass is 15.0. The molecule has 0 saturated carbocycles. The molecule has 0 atom stereocenters. The molecule has 0 amide bonds. The quantitative estimate of drug-likeness (QED) is 0.171. The maximum atomic E-state index is 2.30. The summed E-state index contributed by atoms with van der Waals surface area (Å²) in [4.78, 5) is 2.30. The molecule has 0 spiro atoms. The number of benzene rings is 1. The lowest BCUT2D eigenvalue weighted by Crippen LogP contribution is -2.12. The highest BCUT2D eigenvalue weighted by Crippen LogP contribution is 2.15. The summed E-state index contributed by atoms with van der Waals surface area (Å²) in [6.07, 6.45) is 28.8. The minimum atomic E-state index is 1.26. The van der Waals surface area contributed by atoms with Crippen molar-refractivity contribution in [3.05, 3.63) is 35.9 Å². The van der Waals surface area contributed by atoms with Gasteiger partial charge in [-0.05, 0) is 45.5 Å². The van der Waals surface area contributed by atoms with Crippen LogP contribution in [0.15, 0.2) is 30.3 Å². The van der Waals surface area contributed by atoms with E-state index in [1.54, 1.807) is 0 Å². The van der Waals surface area contributed by atoms with Gasteiger partial charge in [-0.25, -0.2) is 0 Å². The lowest BCUT2D eigenvalue weighted by atomic mass is 10.0. The molecule has 0 bridgehead atoms. The van der Waals surface area contributed by atoms with E-state index in [0.717, 1.165) is 0 Å². The first-order valence-electron chi connectivity index (χ1n) is 13.5. The van der Waals surface area contributed by atoms with E-state index in [2.05, 4.69) is 49.3 Å². The van der Waals surface area contributed by atoms with Crippen LogP contribution in [0.4, 0.5) is 0 Å². The Balaban J connectivity index is 1.66. The fraction of sp³-hybridized carbons (Fsp3) is 0.793. The van der Waals surface area contributed by atoms with Crippen LogP contribution in [0.5, 0.6) is 0 Å². The second-order valence-electron chi connectivity index (χ2n) is 9.76. The van der Waals surface area contributed by atoms with Crippen molar-refractivity contribution in [3.63, 3.8) is 0 Å². The fourth-order valence-corrected chi connectivity index (χ4v) is 4.41. The second kappa shape index (κ2) is 21.4. The van der Waals surface area contributed by atoms with E-state index in [0.29, 0.717) is 0 Å². The van der Waals surface area contributed by atoms with Crippen LogP contribution in [-0.4, -0.2) is 25.5 Å². The van der Waals surface area contributed by atoms with Crippen molar-refractivity contribution in [2.45, 2.75) is 128 Å². The smallest absolute Gasteiger partial charge is 0.00248 e. The first kappa shape index (κ1) is 27.2. The Bertz CT molecular complexity index is 439. The largest absolute Gasteiger partial charge is 0.309 e. The van der Waals surface area contributed by atoms with E-state index in [4.69, 9.17) is 0 Å². The van der Waals surface area contributed by atoms with Crippen LogP contribution in [0.1, 0.15) is 128 Å². The zero-order valence-corrected chi connectivity index (χ0v) is 20.7. The van der Waals surface area contributed by atoms with Crippen molar-refractivity contribution in [1.29, 1.82) is 0 Å². The molecule has 1 aromatic carbocycles. The highest BCUT2D eigenvalue weighted by molar-refractivity contribution is 5.14. The molecule has 1 heteroatoms. The fourth-order valence-electron chi connectivity index (χ4n) is 4.41. The molecule has 0 aliphatic rings. The summed E-state index contributed by atoms with van der Waals surface area (Å²) in [7, 11) is 4.35. The zero-order valence-electron chi connectivity index (χ0n) is 20.7. The van der Waals surface area contributed by atoms with E-state index in [1.807, 2.05) is 0 Å². The van der Waals surface area contributed by atoms with Gasteiger partial charge in [0.05, 0.1) is 0 Å². The SMILES string of the molecule is CN(C)CCCCCCCCCCCCCCCCCCCCCc1ccccc1. The van der Waals surface area contributed by atoms with Gasteiger partial charge in [-0.3, -0.25) is 0 Å². The predicted molar refractivity (Wildman–Crippen MR) is 136 cm³/mol. The number of hydrogen-bond donors (Lipinski definition) is 0.